The Morgan fingerprint density at radius 2 is 2.12 bits per heavy atom. The summed E-state index contributed by atoms with van der Waals surface area (Å²) in [6.07, 6.45) is 1.06. The van der Waals surface area contributed by atoms with Crippen molar-refractivity contribution >= 4 is 21.9 Å². The van der Waals surface area contributed by atoms with E-state index in [9.17, 15) is 9.90 Å². The molecular weight excluding hydrogens is 284 g/mol. The van der Waals surface area contributed by atoms with Crippen molar-refractivity contribution in [3.8, 4) is 5.75 Å². The SMILES string of the molecule is COC(=O)CCC(C)(C)c1ccc(Br)c(O)c1. The molecule has 0 aliphatic carbocycles. The molecule has 0 aliphatic rings. The summed E-state index contributed by atoms with van der Waals surface area (Å²) in [7, 11) is 1.39. The fourth-order valence-electron chi connectivity index (χ4n) is 1.59. The van der Waals surface area contributed by atoms with Crippen LogP contribution in [0.15, 0.2) is 22.7 Å². The number of hydrogen-bond acceptors (Lipinski definition) is 3. The normalized spacial score (nSPS) is 11.3. The Morgan fingerprint density at radius 3 is 2.65 bits per heavy atom. The molecule has 4 heteroatoms. The lowest BCUT2D eigenvalue weighted by Gasteiger charge is -2.25. The Hall–Kier alpha value is -1.03. The smallest absolute Gasteiger partial charge is 0.305 e. The number of halogens is 1. The molecule has 17 heavy (non-hydrogen) atoms. The van der Waals surface area contributed by atoms with Crippen molar-refractivity contribution in [3.63, 3.8) is 0 Å². The van der Waals surface area contributed by atoms with Gasteiger partial charge in [-0.2, -0.15) is 0 Å². The molecule has 94 valence electrons. The van der Waals surface area contributed by atoms with Crippen LogP contribution in [0.4, 0.5) is 0 Å². The molecular formula is C13H17BrO3. The second-order valence-electron chi connectivity index (χ2n) is 4.63. The van der Waals surface area contributed by atoms with Crippen molar-refractivity contribution in [3.05, 3.63) is 28.2 Å². The molecule has 0 spiro atoms. The van der Waals surface area contributed by atoms with Crippen LogP contribution in [-0.4, -0.2) is 18.2 Å². The topological polar surface area (TPSA) is 46.5 Å². The molecule has 1 N–H and O–H groups in total. The van der Waals surface area contributed by atoms with Gasteiger partial charge in [-0.1, -0.05) is 19.9 Å². The minimum atomic E-state index is -0.209. The highest BCUT2D eigenvalue weighted by molar-refractivity contribution is 9.10. The van der Waals surface area contributed by atoms with Crippen LogP contribution in [0.5, 0.6) is 5.75 Å². The first kappa shape index (κ1) is 14.0. The summed E-state index contributed by atoms with van der Waals surface area (Å²) < 4.78 is 5.30. The number of phenols is 1. The van der Waals surface area contributed by atoms with Crippen LogP contribution in [-0.2, 0) is 14.9 Å². The second-order valence-corrected chi connectivity index (χ2v) is 5.48. The summed E-state index contributed by atoms with van der Waals surface area (Å²) in [5.74, 6) is 0.00746. The number of esters is 1. The van der Waals surface area contributed by atoms with Crippen LogP contribution in [0.3, 0.4) is 0 Å². The summed E-state index contributed by atoms with van der Waals surface area (Å²) in [4.78, 5) is 11.1. The fraction of sp³-hybridized carbons (Fsp3) is 0.462. The number of hydrogen-bond donors (Lipinski definition) is 1. The largest absolute Gasteiger partial charge is 0.507 e. The molecule has 0 aromatic heterocycles. The van der Waals surface area contributed by atoms with Gasteiger partial charge in [-0.3, -0.25) is 4.79 Å². The molecule has 0 saturated carbocycles. The van der Waals surface area contributed by atoms with Crippen LogP contribution < -0.4 is 0 Å². The van der Waals surface area contributed by atoms with E-state index in [0.717, 1.165) is 5.56 Å². The zero-order valence-electron chi connectivity index (χ0n) is 10.3. The summed E-state index contributed by atoms with van der Waals surface area (Å²) >= 11 is 3.25. The highest BCUT2D eigenvalue weighted by Crippen LogP contribution is 2.33. The van der Waals surface area contributed by atoms with Crippen molar-refractivity contribution in [2.75, 3.05) is 7.11 Å². The Labute approximate surface area is 110 Å². The summed E-state index contributed by atoms with van der Waals surface area (Å²) in [5.41, 5.74) is 0.828. The molecule has 0 radical (unpaired) electrons. The zero-order chi connectivity index (χ0) is 13.1. The van der Waals surface area contributed by atoms with E-state index >= 15 is 0 Å². The maximum Gasteiger partial charge on any atom is 0.305 e. The third-order valence-corrected chi connectivity index (χ3v) is 3.58. The van der Waals surface area contributed by atoms with Crippen molar-refractivity contribution in [2.24, 2.45) is 0 Å². The maximum atomic E-state index is 11.1. The van der Waals surface area contributed by atoms with Gasteiger partial charge in [0.1, 0.15) is 5.75 Å². The maximum absolute atomic E-state index is 11.1. The second kappa shape index (κ2) is 5.54. The molecule has 3 nitrogen and oxygen atoms in total. The van der Waals surface area contributed by atoms with Gasteiger partial charge in [0.05, 0.1) is 11.6 Å². The van der Waals surface area contributed by atoms with Crippen LogP contribution in [0.2, 0.25) is 0 Å². The van der Waals surface area contributed by atoms with Crippen molar-refractivity contribution in [2.45, 2.75) is 32.1 Å². The molecule has 0 aliphatic heterocycles. The number of aromatic hydroxyl groups is 1. The lowest BCUT2D eigenvalue weighted by molar-refractivity contribution is -0.141. The van der Waals surface area contributed by atoms with Gasteiger partial charge in [0, 0.05) is 6.42 Å². The highest BCUT2D eigenvalue weighted by Gasteiger charge is 2.22. The number of phenolic OH excluding ortho intramolecular Hbond substituents is 1. The van der Waals surface area contributed by atoms with E-state index in [1.807, 2.05) is 26.0 Å². The molecule has 1 rings (SSSR count). The van der Waals surface area contributed by atoms with Gasteiger partial charge in [-0.15, -0.1) is 0 Å². The monoisotopic (exact) mass is 300 g/mol. The molecule has 1 aromatic rings. The van der Waals surface area contributed by atoms with Crippen LogP contribution >= 0.6 is 15.9 Å². The number of carbonyl (C=O) groups excluding carboxylic acids is 1. The lowest BCUT2D eigenvalue weighted by Crippen LogP contribution is -2.19. The fourth-order valence-corrected chi connectivity index (χ4v) is 1.84. The molecule has 0 heterocycles. The van der Waals surface area contributed by atoms with Crippen molar-refractivity contribution in [1.82, 2.24) is 0 Å². The minimum absolute atomic E-state index is 0.174. The van der Waals surface area contributed by atoms with Gasteiger partial charge in [0.25, 0.3) is 0 Å². The number of carbonyl (C=O) groups is 1. The first-order valence-electron chi connectivity index (χ1n) is 5.42. The van der Waals surface area contributed by atoms with E-state index in [-0.39, 0.29) is 17.1 Å². The lowest BCUT2D eigenvalue weighted by atomic mass is 9.80. The van der Waals surface area contributed by atoms with E-state index in [4.69, 9.17) is 0 Å². The molecule has 0 bridgehead atoms. The van der Waals surface area contributed by atoms with Crippen molar-refractivity contribution in [1.29, 1.82) is 0 Å². The van der Waals surface area contributed by atoms with Crippen LogP contribution in [0.1, 0.15) is 32.3 Å². The van der Waals surface area contributed by atoms with E-state index in [1.165, 1.54) is 7.11 Å². The molecule has 0 atom stereocenters. The Kier molecular flexibility index (Phi) is 4.57. The zero-order valence-corrected chi connectivity index (χ0v) is 11.9. The predicted molar refractivity (Wildman–Crippen MR) is 70.1 cm³/mol. The Balaban J connectivity index is 2.81. The summed E-state index contributed by atoms with van der Waals surface area (Å²) in [6, 6.07) is 5.48. The van der Waals surface area contributed by atoms with Gasteiger partial charge in [0.15, 0.2) is 0 Å². The number of benzene rings is 1. The van der Waals surface area contributed by atoms with Crippen molar-refractivity contribution < 1.29 is 14.6 Å². The van der Waals surface area contributed by atoms with E-state index < -0.39 is 0 Å². The number of rotatable bonds is 4. The molecule has 0 fully saturated rings. The quantitative estimate of drug-likeness (QED) is 0.867. The van der Waals surface area contributed by atoms with Crippen LogP contribution in [0, 0.1) is 0 Å². The molecule has 1 aromatic carbocycles. The molecule has 0 unspecified atom stereocenters. The van der Waals surface area contributed by atoms with Crippen LogP contribution in [0.25, 0.3) is 0 Å². The highest BCUT2D eigenvalue weighted by atomic mass is 79.9. The third-order valence-electron chi connectivity index (χ3n) is 2.91. The average Bonchev–Trinajstić information content (AvgIpc) is 2.29. The number of ether oxygens (including phenoxy) is 1. The van der Waals surface area contributed by atoms with Gasteiger partial charge in [-0.25, -0.2) is 0 Å². The summed E-state index contributed by atoms with van der Waals surface area (Å²) in [6.45, 7) is 4.08. The molecule has 0 saturated heterocycles. The molecule has 0 amide bonds. The van der Waals surface area contributed by atoms with Gasteiger partial charge in [0.2, 0.25) is 0 Å². The van der Waals surface area contributed by atoms with E-state index in [1.54, 1.807) is 6.07 Å². The first-order chi connectivity index (χ1) is 7.86. The Bertz CT molecular complexity index is 413. The summed E-state index contributed by atoms with van der Waals surface area (Å²) in [5, 5.41) is 9.65. The van der Waals surface area contributed by atoms with Gasteiger partial charge >= 0.3 is 5.97 Å². The van der Waals surface area contributed by atoms with Gasteiger partial charge < -0.3 is 9.84 Å². The first-order valence-corrected chi connectivity index (χ1v) is 6.22. The van der Waals surface area contributed by atoms with Gasteiger partial charge in [-0.05, 0) is 45.5 Å². The van der Waals surface area contributed by atoms with E-state index in [2.05, 4.69) is 20.7 Å². The Morgan fingerprint density at radius 1 is 1.47 bits per heavy atom. The minimum Gasteiger partial charge on any atom is -0.507 e. The standard InChI is InChI=1S/C13H17BrO3/c1-13(2,7-6-12(16)17-3)9-4-5-10(14)11(15)8-9/h4-5,8,15H,6-7H2,1-3H3. The van der Waals surface area contributed by atoms with E-state index in [0.29, 0.717) is 17.3 Å². The predicted octanol–water partition coefficient (Wildman–Crippen LogP) is 3.39. The number of methoxy groups -OCH3 is 1. The third kappa shape index (κ3) is 3.73. The average molecular weight is 301 g/mol.